The Bertz CT molecular complexity index is 679. The first-order valence-electron chi connectivity index (χ1n) is 6.47. The average molecular weight is 303 g/mol. The Labute approximate surface area is 126 Å². The highest BCUT2D eigenvalue weighted by Crippen LogP contribution is 2.03. The van der Waals surface area contributed by atoms with Gasteiger partial charge in [0.25, 0.3) is 0 Å². The summed E-state index contributed by atoms with van der Waals surface area (Å²) in [5, 5.41) is 6.19. The van der Waals surface area contributed by atoms with Gasteiger partial charge < -0.3 is 9.73 Å². The lowest BCUT2D eigenvalue weighted by Crippen LogP contribution is -2.37. The molecule has 2 amide bonds. The normalized spacial score (nSPS) is 11.1. The van der Waals surface area contributed by atoms with E-state index >= 15 is 0 Å². The standard InChI is InChI=1S/C15H14FN3O3/c1-10(11-4-6-12(16)7-5-11)18-19-15(21)14(20)17-9-13-3-2-8-22-13/h2-8H,9H2,1H3,(H,17,20)(H,19,21)/b18-10-. The summed E-state index contributed by atoms with van der Waals surface area (Å²) < 4.78 is 17.8. The van der Waals surface area contributed by atoms with Crippen LogP contribution in [0.1, 0.15) is 18.2 Å². The minimum atomic E-state index is -0.895. The van der Waals surface area contributed by atoms with Gasteiger partial charge in [-0.05, 0) is 36.8 Å². The fourth-order valence-electron chi connectivity index (χ4n) is 1.60. The lowest BCUT2D eigenvalue weighted by Gasteiger charge is -2.03. The highest BCUT2D eigenvalue weighted by molar-refractivity contribution is 6.35. The maximum Gasteiger partial charge on any atom is 0.329 e. The number of carbonyl (C=O) groups excluding carboxylic acids is 2. The molecule has 1 heterocycles. The van der Waals surface area contributed by atoms with Crippen LogP contribution in [-0.2, 0) is 16.1 Å². The number of furan rings is 1. The van der Waals surface area contributed by atoms with E-state index in [2.05, 4.69) is 15.8 Å². The van der Waals surface area contributed by atoms with Gasteiger partial charge >= 0.3 is 11.8 Å². The average Bonchev–Trinajstić information content (AvgIpc) is 3.04. The lowest BCUT2D eigenvalue weighted by molar-refractivity contribution is -0.139. The van der Waals surface area contributed by atoms with Crippen molar-refractivity contribution < 1.29 is 18.4 Å². The van der Waals surface area contributed by atoms with Gasteiger partial charge in [0.15, 0.2) is 0 Å². The molecule has 0 aliphatic heterocycles. The fraction of sp³-hybridized carbons (Fsp3) is 0.133. The topological polar surface area (TPSA) is 83.7 Å². The van der Waals surface area contributed by atoms with Crippen molar-refractivity contribution >= 4 is 17.5 Å². The molecule has 0 aliphatic rings. The molecule has 0 fully saturated rings. The number of rotatable bonds is 4. The summed E-state index contributed by atoms with van der Waals surface area (Å²) in [5.41, 5.74) is 3.23. The second-order valence-electron chi connectivity index (χ2n) is 4.41. The third kappa shape index (κ3) is 4.27. The van der Waals surface area contributed by atoms with Gasteiger partial charge in [-0.2, -0.15) is 5.10 Å². The van der Waals surface area contributed by atoms with Crippen LogP contribution < -0.4 is 10.7 Å². The number of benzene rings is 1. The molecular formula is C15H14FN3O3. The Morgan fingerprint density at radius 3 is 2.55 bits per heavy atom. The van der Waals surface area contributed by atoms with E-state index in [0.717, 1.165) is 0 Å². The molecule has 0 unspecified atom stereocenters. The number of hydrogen-bond donors (Lipinski definition) is 2. The van der Waals surface area contributed by atoms with Crippen LogP contribution in [0.25, 0.3) is 0 Å². The molecule has 0 radical (unpaired) electrons. The molecule has 2 rings (SSSR count). The maximum atomic E-state index is 12.8. The third-order valence-electron chi connectivity index (χ3n) is 2.80. The molecule has 114 valence electrons. The number of hydrogen-bond acceptors (Lipinski definition) is 4. The molecule has 6 nitrogen and oxygen atoms in total. The molecule has 0 spiro atoms. The van der Waals surface area contributed by atoms with Gasteiger partial charge in [-0.1, -0.05) is 12.1 Å². The molecule has 0 bridgehead atoms. The summed E-state index contributed by atoms with van der Waals surface area (Å²) >= 11 is 0. The van der Waals surface area contributed by atoms with E-state index in [4.69, 9.17) is 4.42 Å². The van der Waals surface area contributed by atoms with Crippen LogP contribution in [0.2, 0.25) is 0 Å². The van der Waals surface area contributed by atoms with Crippen molar-refractivity contribution in [3.63, 3.8) is 0 Å². The van der Waals surface area contributed by atoms with Gasteiger partial charge in [0.1, 0.15) is 11.6 Å². The second-order valence-corrected chi connectivity index (χ2v) is 4.41. The van der Waals surface area contributed by atoms with Crippen LogP contribution in [0, 0.1) is 5.82 Å². The zero-order chi connectivity index (χ0) is 15.9. The van der Waals surface area contributed by atoms with Crippen LogP contribution in [0.4, 0.5) is 4.39 Å². The predicted octanol–water partition coefficient (Wildman–Crippen LogP) is 1.58. The molecule has 0 atom stereocenters. The van der Waals surface area contributed by atoms with Gasteiger partial charge in [0.05, 0.1) is 18.5 Å². The highest BCUT2D eigenvalue weighted by Gasteiger charge is 2.13. The molecule has 7 heteroatoms. The van der Waals surface area contributed by atoms with Crippen LogP contribution in [0.5, 0.6) is 0 Å². The van der Waals surface area contributed by atoms with Crippen molar-refractivity contribution in [1.82, 2.24) is 10.7 Å². The second kappa shape index (κ2) is 7.16. The zero-order valence-corrected chi connectivity index (χ0v) is 11.8. The highest BCUT2D eigenvalue weighted by atomic mass is 19.1. The summed E-state index contributed by atoms with van der Waals surface area (Å²) in [6, 6.07) is 8.97. The number of nitrogens with zero attached hydrogens (tertiary/aromatic N) is 1. The Morgan fingerprint density at radius 2 is 1.91 bits per heavy atom. The molecular weight excluding hydrogens is 289 g/mol. The van der Waals surface area contributed by atoms with E-state index in [1.165, 1.54) is 30.5 Å². The van der Waals surface area contributed by atoms with E-state index in [-0.39, 0.29) is 12.4 Å². The van der Waals surface area contributed by atoms with Crippen molar-refractivity contribution in [3.8, 4) is 0 Å². The summed E-state index contributed by atoms with van der Waals surface area (Å²) in [7, 11) is 0. The van der Waals surface area contributed by atoms with Gasteiger partial charge in [0.2, 0.25) is 0 Å². The molecule has 0 saturated heterocycles. The Hall–Kier alpha value is -2.96. The molecule has 2 N–H and O–H groups in total. The van der Waals surface area contributed by atoms with Crippen molar-refractivity contribution in [3.05, 3.63) is 59.8 Å². The fourth-order valence-corrected chi connectivity index (χ4v) is 1.60. The smallest absolute Gasteiger partial charge is 0.329 e. The molecule has 1 aromatic carbocycles. The van der Waals surface area contributed by atoms with Crippen LogP contribution in [-0.4, -0.2) is 17.5 Å². The van der Waals surface area contributed by atoms with Crippen molar-refractivity contribution in [2.45, 2.75) is 13.5 Å². The predicted molar refractivity (Wildman–Crippen MR) is 77.3 cm³/mol. The van der Waals surface area contributed by atoms with Gasteiger partial charge in [-0.3, -0.25) is 9.59 Å². The van der Waals surface area contributed by atoms with E-state index < -0.39 is 11.8 Å². The van der Waals surface area contributed by atoms with Gasteiger partial charge in [0, 0.05) is 0 Å². The molecule has 0 saturated carbocycles. The van der Waals surface area contributed by atoms with E-state index in [1.54, 1.807) is 19.1 Å². The van der Waals surface area contributed by atoms with Gasteiger partial charge in [-0.25, -0.2) is 9.82 Å². The van der Waals surface area contributed by atoms with Crippen molar-refractivity contribution in [2.75, 3.05) is 0 Å². The Morgan fingerprint density at radius 1 is 1.18 bits per heavy atom. The summed E-state index contributed by atoms with van der Waals surface area (Å²) in [4.78, 5) is 23.1. The number of hydrazone groups is 1. The van der Waals surface area contributed by atoms with Crippen LogP contribution in [0.15, 0.2) is 52.2 Å². The van der Waals surface area contributed by atoms with E-state index in [9.17, 15) is 14.0 Å². The van der Waals surface area contributed by atoms with Gasteiger partial charge in [-0.15, -0.1) is 0 Å². The Balaban J connectivity index is 1.86. The van der Waals surface area contributed by atoms with Crippen LogP contribution >= 0.6 is 0 Å². The summed E-state index contributed by atoms with van der Waals surface area (Å²) in [6.07, 6.45) is 1.47. The largest absolute Gasteiger partial charge is 0.467 e. The first-order chi connectivity index (χ1) is 10.6. The monoisotopic (exact) mass is 303 g/mol. The number of nitrogens with one attached hydrogen (secondary N) is 2. The quantitative estimate of drug-likeness (QED) is 0.511. The number of halogens is 1. The molecule has 1 aromatic heterocycles. The van der Waals surface area contributed by atoms with E-state index in [0.29, 0.717) is 17.0 Å². The Kier molecular flexibility index (Phi) is 5.02. The zero-order valence-electron chi connectivity index (χ0n) is 11.8. The van der Waals surface area contributed by atoms with E-state index in [1.807, 2.05) is 0 Å². The minimum Gasteiger partial charge on any atom is -0.467 e. The first kappa shape index (κ1) is 15.4. The maximum absolute atomic E-state index is 12.8. The van der Waals surface area contributed by atoms with Crippen LogP contribution in [0.3, 0.4) is 0 Å². The molecule has 22 heavy (non-hydrogen) atoms. The first-order valence-corrected chi connectivity index (χ1v) is 6.47. The molecule has 0 aliphatic carbocycles. The van der Waals surface area contributed by atoms with Crippen molar-refractivity contribution in [1.29, 1.82) is 0 Å². The lowest BCUT2D eigenvalue weighted by atomic mass is 10.1. The number of carbonyl (C=O) groups is 2. The number of amides is 2. The minimum absolute atomic E-state index is 0.111. The third-order valence-corrected chi connectivity index (χ3v) is 2.80. The molecule has 2 aromatic rings. The summed E-state index contributed by atoms with van der Waals surface area (Å²) in [6.45, 7) is 1.74. The van der Waals surface area contributed by atoms with Crippen molar-refractivity contribution in [2.24, 2.45) is 5.10 Å². The summed E-state index contributed by atoms with van der Waals surface area (Å²) in [5.74, 6) is -1.55. The SMILES string of the molecule is C/C(=N/NC(=O)C(=O)NCc1ccco1)c1ccc(F)cc1.